The van der Waals surface area contributed by atoms with E-state index >= 15 is 8.78 Å². The maximum Gasteiger partial charge on any atom is 0.412 e. The number of pyridine rings is 1. The summed E-state index contributed by atoms with van der Waals surface area (Å²) >= 11 is 0. The van der Waals surface area contributed by atoms with Crippen LogP contribution in [0.4, 0.5) is 44.3 Å². The lowest BCUT2D eigenvalue weighted by Crippen LogP contribution is -2.47. The second kappa shape index (κ2) is 21.5. The third-order valence-electron chi connectivity index (χ3n) is 14.7. The molecule has 11 rings (SSSR count). The van der Waals surface area contributed by atoms with Crippen molar-refractivity contribution in [1.29, 1.82) is 0 Å². The molecule has 8 aromatic rings. The van der Waals surface area contributed by atoms with Gasteiger partial charge in [0.15, 0.2) is 6.73 Å². The van der Waals surface area contributed by atoms with Gasteiger partial charge in [0, 0.05) is 59.2 Å². The van der Waals surface area contributed by atoms with Crippen LogP contribution in [0.25, 0.3) is 33.3 Å². The summed E-state index contributed by atoms with van der Waals surface area (Å²) in [5.41, 5.74) is 5.54. The van der Waals surface area contributed by atoms with Crippen LogP contribution >= 0.6 is 0 Å². The maximum absolute atomic E-state index is 15.5. The maximum atomic E-state index is 15.5. The number of likely N-dealkylation sites (tertiary alicyclic amines) is 1. The van der Waals surface area contributed by atoms with E-state index in [1.807, 2.05) is 0 Å². The van der Waals surface area contributed by atoms with E-state index in [9.17, 15) is 49.9 Å². The molecule has 3 unspecified atom stereocenters. The predicted octanol–water partition coefficient (Wildman–Crippen LogP) is 9.45. The number of hydrogen-bond acceptors (Lipinski definition) is 10. The van der Waals surface area contributed by atoms with E-state index < -0.39 is 125 Å². The Hall–Kier alpha value is -9.16. The van der Waals surface area contributed by atoms with E-state index in [2.05, 4.69) is 35.7 Å². The Morgan fingerprint density at radius 2 is 1.46 bits per heavy atom. The highest BCUT2D eigenvalue weighted by molar-refractivity contribution is 5.95. The molecule has 1 saturated carbocycles. The second-order valence-corrected chi connectivity index (χ2v) is 19.9. The van der Waals surface area contributed by atoms with E-state index in [0.717, 1.165) is 36.7 Å². The number of carbonyl (C=O) groups is 4. The molecule has 0 bridgehead atoms. The van der Waals surface area contributed by atoms with E-state index in [1.165, 1.54) is 40.3 Å². The molecule has 1 saturated heterocycles. The zero-order valence-electron chi connectivity index (χ0n) is 42.1. The second-order valence-electron chi connectivity index (χ2n) is 19.9. The molecule has 4 aromatic heterocycles. The van der Waals surface area contributed by atoms with E-state index in [-0.39, 0.29) is 65.9 Å². The number of nitrogens with zero attached hydrogens (tertiary/aromatic N) is 8. The molecule has 1 aliphatic heterocycles. The minimum Gasteiger partial charge on any atom is -0.428 e. The lowest BCUT2D eigenvalue weighted by molar-refractivity contribution is -0.126. The molecule has 416 valence electrons. The number of alkyl halides is 4. The van der Waals surface area contributed by atoms with Gasteiger partial charge >= 0.3 is 6.09 Å². The number of primary amides is 1. The zero-order chi connectivity index (χ0) is 57.0. The number of imidazole rings is 1. The minimum absolute atomic E-state index is 0.00800. The van der Waals surface area contributed by atoms with Gasteiger partial charge in [0.05, 0.1) is 46.4 Å². The van der Waals surface area contributed by atoms with Gasteiger partial charge in [-0.05, 0) is 103 Å². The normalized spacial score (nSPS) is 17.7. The highest BCUT2D eigenvalue weighted by Crippen LogP contribution is 2.68. The van der Waals surface area contributed by atoms with Gasteiger partial charge in [-0.3, -0.25) is 33.5 Å². The molecular formula is C56H44F9N11O5. The van der Waals surface area contributed by atoms with Crippen molar-refractivity contribution in [2.75, 3.05) is 6.54 Å². The number of amides is 4. The molecule has 5 atom stereocenters. The van der Waals surface area contributed by atoms with Crippen LogP contribution in [0.1, 0.15) is 93.5 Å². The lowest BCUT2D eigenvalue weighted by Gasteiger charge is -2.27. The van der Waals surface area contributed by atoms with Crippen molar-refractivity contribution >= 4 is 34.8 Å². The Balaban J connectivity index is 0.835. The van der Waals surface area contributed by atoms with Gasteiger partial charge in [0.25, 0.3) is 18.3 Å². The van der Waals surface area contributed by atoms with Crippen molar-refractivity contribution in [3.05, 3.63) is 184 Å². The molecule has 0 radical (unpaired) electrons. The average molecular weight is 1120 g/mol. The largest absolute Gasteiger partial charge is 0.428 e. The first-order valence-corrected chi connectivity index (χ1v) is 25.3. The summed E-state index contributed by atoms with van der Waals surface area (Å²) in [6.07, 6.45) is 1.29. The molecule has 16 nitrogen and oxygen atoms in total. The summed E-state index contributed by atoms with van der Waals surface area (Å²) in [6, 6.07) is 13.8. The summed E-state index contributed by atoms with van der Waals surface area (Å²) in [5, 5.41) is 9.33. The van der Waals surface area contributed by atoms with Gasteiger partial charge in [-0.1, -0.05) is 24.3 Å². The fourth-order valence-corrected chi connectivity index (χ4v) is 11.1. The summed E-state index contributed by atoms with van der Waals surface area (Å²) in [6.45, 7) is -1.25. The molecule has 4 N–H and O–H groups in total. The number of para-hydroxylation sites is 1. The number of nitrogens with one attached hydrogen (secondary N) is 2. The van der Waals surface area contributed by atoms with Crippen LogP contribution in [0.5, 0.6) is 0 Å². The number of nitrogens with two attached hydrogens (primary N) is 1. The third kappa shape index (κ3) is 10.6. The molecule has 81 heavy (non-hydrogen) atoms. The molecule has 5 heterocycles. The Bertz CT molecular complexity index is 3780. The van der Waals surface area contributed by atoms with Gasteiger partial charge in [0.2, 0.25) is 11.8 Å². The molecule has 2 fully saturated rings. The fourth-order valence-electron chi connectivity index (χ4n) is 11.1. The highest BCUT2D eigenvalue weighted by atomic mass is 19.3. The Morgan fingerprint density at radius 1 is 0.778 bits per heavy atom. The fraction of sp³-hybridized carbons (Fsp3) is 0.268. The van der Waals surface area contributed by atoms with Crippen LogP contribution in [0.2, 0.25) is 0 Å². The number of halogens is 9. The van der Waals surface area contributed by atoms with Gasteiger partial charge < -0.3 is 21.1 Å². The number of fused-ring (bicyclic) bond motifs is 4. The third-order valence-corrected chi connectivity index (χ3v) is 14.7. The van der Waals surface area contributed by atoms with Crippen molar-refractivity contribution in [3.8, 4) is 22.3 Å². The van der Waals surface area contributed by atoms with E-state index in [0.29, 0.717) is 51.0 Å². The summed E-state index contributed by atoms with van der Waals surface area (Å²) in [7, 11) is 0. The van der Waals surface area contributed by atoms with Crippen LogP contribution in [-0.2, 0) is 46.4 Å². The first-order valence-electron chi connectivity index (χ1n) is 25.3. The van der Waals surface area contributed by atoms with Crippen LogP contribution in [0, 0.1) is 35.0 Å². The van der Waals surface area contributed by atoms with Gasteiger partial charge in [0.1, 0.15) is 59.4 Å². The molecule has 3 aliphatic rings. The van der Waals surface area contributed by atoms with Gasteiger partial charge in [-0.15, -0.1) is 0 Å². The van der Waals surface area contributed by atoms with Crippen molar-refractivity contribution in [1.82, 2.24) is 49.8 Å². The topological polar surface area (TPSA) is 205 Å². The van der Waals surface area contributed by atoms with Crippen LogP contribution in [0.3, 0.4) is 0 Å². The van der Waals surface area contributed by atoms with Gasteiger partial charge in [-0.25, -0.2) is 50.5 Å². The SMILES string of the molecule is NC(=O)c1cc(-c2cccnc2[C@H](Cc2cc(F)cc(F)c2)NC(=O)C2CCCN2C(=O)OCn2cnc3c(-c4cncnc4[C@H](Cc4cc(F)cc(F)c4)NC(=O)Cn4nc(C(F)F)c5c4C(F)(F)C4CC54)cccc32)ccc1F. The molecule has 4 amide bonds. The summed E-state index contributed by atoms with van der Waals surface area (Å²) in [5.74, 6) is -12.7. The van der Waals surface area contributed by atoms with Crippen molar-refractivity contribution in [3.63, 3.8) is 0 Å². The van der Waals surface area contributed by atoms with Crippen molar-refractivity contribution < 1.29 is 63.4 Å². The number of ether oxygens (including phenoxy) is 1. The highest BCUT2D eigenvalue weighted by Gasteiger charge is 2.67. The quantitative estimate of drug-likeness (QED) is 0.0737. The number of benzene rings is 4. The summed E-state index contributed by atoms with van der Waals surface area (Å²) in [4.78, 5) is 73.2. The molecular weight excluding hydrogens is 1080 g/mol. The predicted molar refractivity (Wildman–Crippen MR) is 269 cm³/mol. The number of rotatable bonds is 17. The monoisotopic (exact) mass is 1120 g/mol. The van der Waals surface area contributed by atoms with E-state index in [1.54, 1.807) is 30.3 Å². The van der Waals surface area contributed by atoms with Crippen molar-refractivity contribution in [2.24, 2.45) is 11.7 Å². The Kier molecular flexibility index (Phi) is 14.3. The first-order chi connectivity index (χ1) is 38.8. The van der Waals surface area contributed by atoms with Crippen LogP contribution in [0.15, 0.2) is 110 Å². The lowest BCUT2D eigenvalue weighted by atomic mass is 9.94. The smallest absolute Gasteiger partial charge is 0.412 e. The van der Waals surface area contributed by atoms with Gasteiger partial charge in [-0.2, -0.15) is 13.9 Å². The van der Waals surface area contributed by atoms with Crippen LogP contribution < -0.4 is 16.4 Å². The molecule has 25 heteroatoms. The zero-order valence-corrected chi connectivity index (χ0v) is 42.1. The number of hydrogen-bond donors (Lipinski definition) is 3. The Labute approximate surface area is 453 Å². The number of carbonyl (C=O) groups excluding carboxylic acids is 4. The molecule has 4 aromatic carbocycles. The van der Waals surface area contributed by atoms with Crippen molar-refractivity contribution in [2.45, 2.75) is 81.8 Å². The summed E-state index contributed by atoms with van der Waals surface area (Å²) < 4.78 is 140. The van der Waals surface area contributed by atoms with E-state index in [4.69, 9.17) is 10.5 Å². The minimum atomic E-state index is -3.52. The average Bonchev–Trinajstić information content (AvgIpc) is 3.90. The van der Waals surface area contributed by atoms with Crippen LogP contribution in [-0.4, -0.2) is 75.6 Å². The standard InChI is InChI=1S/C56H44F9N11O5/c57-30-12-27(13-31(58)19-30)16-41(71-45(77)23-76-51-46(50(73-76)52(62)63)36-21-39(36)56(51,64)65)48-38(22-67-24-69-48)35-4-1-6-43-49(35)70-25-74(43)26-81-55(80)75-11-3-7-44(75)54(79)72-42(17-28-14-32(59)20-33(60)15-28)47-34(5-2-10-68-47)29-8-9-40(61)37(18-29)53(66)78/h1-2,4-6,8-10,12-15,18-20,22,24-25,36,39,41-42,44,52H,3,7,11,16-17,21,23,26H2,(H2,66,78)(H,71,77)(H,72,79)/t36?,39?,41-,42-,44?/m0/s1. The Morgan fingerprint density at radius 3 is 2.15 bits per heavy atom. The molecule has 0 spiro atoms. The first kappa shape index (κ1) is 53.8. The number of aromatic nitrogens is 7. The molecule has 2 aliphatic carbocycles.